The van der Waals surface area contributed by atoms with Gasteiger partial charge < -0.3 is 4.74 Å². The third-order valence-corrected chi connectivity index (χ3v) is 3.25. The van der Waals surface area contributed by atoms with Gasteiger partial charge in [-0.15, -0.1) is 0 Å². The zero-order chi connectivity index (χ0) is 18.0. The Balaban J connectivity index is 1.89. The van der Waals surface area contributed by atoms with Crippen LogP contribution in [0.25, 0.3) is 17.0 Å². The van der Waals surface area contributed by atoms with Crippen LogP contribution in [-0.2, 0) is 4.74 Å². The molecule has 0 spiro atoms. The van der Waals surface area contributed by atoms with Gasteiger partial charge in [0.2, 0.25) is 5.78 Å². The molecule has 0 aliphatic rings. The average Bonchev–Trinajstić information content (AvgIpc) is 2.97. The molecule has 0 unspecified atom stereocenters. The fraction of sp³-hybridized carbons (Fsp3) is 0.188. The summed E-state index contributed by atoms with van der Waals surface area (Å²) in [5.74, 6) is 0.407. The highest BCUT2D eigenvalue weighted by Gasteiger charge is 2.12. The van der Waals surface area contributed by atoms with Crippen LogP contribution >= 0.6 is 0 Å². The first-order valence-corrected chi connectivity index (χ1v) is 7.49. The second-order valence-corrected chi connectivity index (χ2v) is 5.56. The fourth-order valence-corrected chi connectivity index (χ4v) is 2.23. The molecule has 1 aromatic carbocycles. The van der Waals surface area contributed by atoms with Gasteiger partial charge in [0.05, 0.1) is 28.6 Å². The largest absolute Gasteiger partial charge is 0.447 e. The van der Waals surface area contributed by atoms with Gasteiger partial charge in [-0.2, -0.15) is 0 Å². The van der Waals surface area contributed by atoms with Crippen LogP contribution in [0.1, 0.15) is 13.8 Å². The second-order valence-electron chi connectivity index (χ2n) is 5.56. The molecular weight excluding hydrogens is 326 g/mol. The van der Waals surface area contributed by atoms with Gasteiger partial charge in [-0.25, -0.2) is 14.8 Å². The maximum atomic E-state index is 11.6. The van der Waals surface area contributed by atoms with E-state index >= 15 is 0 Å². The number of carbonyl (C=O) groups is 1. The smallest absolute Gasteiger partial charge is 0.411 e. The molecule has 0 saturated heterocycles. The van der Waals surface area contributed by atoms with Crippen LogP contribution in [0.4, 0.5) is 16.2 Å². The summed E-state index contributed by atoms with van der Waals surface area (Å²) >= 11 is 0. The average molecular weight is 341 g/mol. The van der Waals surface area contributed by atoms with E-state index in [1.165, 1.54) is 18.3 Å². The molecule has 9 nitrogen and oxygen atoms in total. The number of ether oxygens (including phenoxy) is 1. The first-order chi connectivity index (χ1) is 11.9. The van der Waals surface area contributed by atoms with Crippen molar-refractivity contribution in [2.75, 3.05) is 5.32 Å². The summed E-state index contributed by atoms with van der Waals surface area (Å²) in [5.41, 5.74) is 1.58. The highest BCUT2D eigenvalue weighted by Crippen LogP contribution is 2.23. The summed E-state index contributed by atoms with van der Waals surface area (Å²) < 4.78 is 6.63. The van der Waals surface area contributed by atoms with Crippen LogP contribution in [-0.4, -0.2) is 31.5 Å². The Bertz CT molecular complexity index is 951. The van der Waals surface area contributed by atoms with E-state index in [1.54, 1.807) is 42.8 Å². The molecule has 0 radical (unpaired) electrons. The number of aromatic nitrogens is 3. The third-order valence-electron chi connectivity index (χ3n) is 3.25. The molecule has 2 aromatic heterocycles. The number of hydrogen-bond donors (Lipinski definition) is 1. The van der Waals surface area contributed by atoms with Crippen molar-refractivity contribution < 1.29 is 14.5 Å². The number of imidazole rings is 1. The van der Waals surface area contributed by atoms with Gasteiger partial charge in [-0.1, -0.05) is 12.1 Å². The first kappa shape index (κ1) is 16.4. The zero-order valence-corrected chi connectivity index (χ0v) is 13.5. The van der Waals surface area contributed by atoms with Crippen molar-refractivity contribution in [1.82, 2.24) is 14.4 Å². The molecule has 128 valence electrons. The molecule has 2 heterocycles. The number of carbonyl (C=O) groups excluding carboxylic acids is 1. The van der Waals surface area contributed by atoms with E-state index < -0.39 is 11.0 Å². The lowest BCUT2D eigenvalue weighted by molar-refractivity contribution is -0.384. The van der Waals surface area contributed by atoms with Gasteiger partial charge in [0.1, 0.15) is 0 Å². The van der Waals surface area contributed by atoms with Crippen LogP contribution in [0, 0.1) is 10.1 Å². The monoisotopic (exact) mass is 341 g/mol. The van der Waals surface area contributed by atoms with E-state index in [0.29, 0.717) is 22.7 Å². The predicted molar refractivity (Wildman–Crippen MR) is 90.3 cm³/mol. The number of fused-ring (bicyclic) bond motifs is 1. The summed E-state index contributed by atoms with van der Waals surface area (Å²) in [4.78, 5) is 30.6. The maximum Gasteiger partial charge on any atom is 0.411 e. The fourth-order valence-electron chi connectivity index (χ4n) is 2.23. The lowest BCUT2D eigenvalue weighted by Gasteiger charge is -2.09. The number of nitrogens with zero attached hydrogens (tertiary/aromatic N) is 4. The molecule has 0 bridgehead atoms. The minimum absolute atomic E-state index is 0.0127. The normalized spacial score (nSPS) is 10.8. The number of hydrogen-bond acceptors (Lipinski definition) is 6. The number of nitrogens with one attached hydrogen (secondary N) is 1. The van der Waals surface area contributed by atoms with Gasteiger partial charge >= 0.3 is 6.09 Å². The molecule has 0 saturated carbocycles. The summed E-state index contributed by atoms with van der Waals surface area (Å²) in [6.45, 7) is 3.50. The van der Waals surface area contributed by atoms with Crippen LogP contribution < -0.4 is 5.32 Å². The molecule has 1 amide bonds. The van der Waals surface area contributed by atoms with E-state index in [4.69, 9.17) is 4.74 Å². The number of anilines is 1. The van der Waals surface area contributed by atoms with Gasteiger partial charge in [0.25, 0.3) is 5.69 Å². The number of amides is 1. The Labute approximate surface area is 142 Å². The minimum atomic E-state index is -0.574. The molecule has 3 aromatic rings. The van der Waals surface area contributed by atoms with Gasteiger partial charge in [0.15, 0.2) is 0 Å². The molecule has 0 aliphatic carbocycles. The Morgan fingerprint density at radius 1 is 1.36 bits per heavy atom. The van der Waals surface area contributed by atoms with Crippen molar-refractivity contribution in [3.63, 3.8) is 0 Å². The molecule has 0 fully saturated rings. The van der Waals surface area contributed by atoms with E-state index in [1.807, 2.05) is 0 Å². The Hall–Kier alpha value is -3.49. The standard InChI is InChI=1S/C16H15N5O4/c1-10(2)25-16(22)18-12-7-17-15-19-14(9-20(15)8-12)11-4-3-5-13(6-11)21(23)24/h3-10H,1-2H3,(H,18,22). The van der Waals surface area contributed by atoms with Crippen LogP contribution in [0.15, 0.2) is 42.9 Å². The summed E-state index contributed by atoms with van der Waals surface area (Å²) in [6.07, 6.45) is 3.97. The molecule has 3 rings (SSSR count). The van der Waals surface area contributed by atoms with E-state index in [-0.39, 0.29) is 11.8 Å². The lowest BCUT2D eigenvalue weighted by atomic mass is 10.1. The molecule has 9 heteroatoms. The van der Waals surface area contributed by atoms with Gasteiger partial charge in [-0.05, 0) is 13.8 Å². The van der Waals surface area contributed by atoms with Crippen molar-refractivity contribution in [1.29, 1.82) is 0 Å². The Morgan fingerprint density at radius 3 is 2.88 bits per heavy atom. The van der Waals surface area contributed by atoms with Crippen LogP contribution in [0.3, 0.4) is 0 Å². The summed E-state index contributed by atoms with van der Waals surface area (Å²) in [5, 5.41) is 13.5. The quantitative estimate of drug-likeness (QED) is 0.576. The van der Waals surface area contributed by atoms with Crippen molar-refractivity contribution in [3.05, 3.63) is 53.0 Å². The highest BCUT2D eigenvalue weighted by molar-refractivity contribution is 5.84. The number of nitro benzene ring substituents is 1. The van der Waals surface area contributed by atoms with Crippen molar-refractivity contribution in [3.8, 4) is 11.3 Å². The zero-order valence-electron chi connectivity index (χ0n) is 13.5. The van der Waals surface area contributed by atoms with Crippen molar-refractivity contribution in [2.24, 2.45) is 0 Å². The van der Waals surface area contributed by atoms with E-state index in [0.717, 1.165) is 0 Å². The summed E-state index contributed by atoms with van der Waals surface area (Å²) in [7, 11) is 0. The number of nitro groups is 1. The predicted octanol–water partition coefficient (Wildman–Crippen LogP) is 3.26. The minimum Gasteiger partial charge on any atom is -0.447 e. The molecule has 1 N–H and O–H groups in total. The topological polar surface area (TPSA) is 112 Å². The SMILES string of the molecule is CC(C)OC(=O)Nc1cnc2nc(-c3cccc([N+](=O)[O-])c3)cn2c1. The number of non-ortho nitro benzene ring substituents is 1. The first-order valence-electron chi connectivity index (χ1n) is 7.49. The number of rotatable bonds is 4. The highest BCUT2D eigenvalue weighted by atomic mass is 16.6. The Kier molecular flexibility index (Phi) is 4.29. The van der Waals surface area contributed by atoms with E-state index in [2.05, 4.69) is 15.3 Å². The lowest BCUT2D eigenvalue weighted by Crippen LogP contribution is -2.18. The molecule has 0 atom stereocenters. The van der Waals surface area contributed by atoms with E-state index in [9.17, 15) is 14.9 Å². The number of benzene rings is 1. The Morgan fingerprint density at radius 2 is 2.16 bits per heavy atom. The third kappa shape index (κ3) is 3.71. The maximum absolute atomic E-state index is 11.6. The molecule has 25 heavy (non-hydrogen) atoms. The van der Waals surface area contributed by atoms with Crippen LogP contribution in [0.2, 0.25) is 0 Å². The van der Waals surface area contributed by atoms with Crippen molar-refractivity contribution in [2.45, 2.75) is 20.0 Å². The van der Waals surface area contributed by atoms with Crippen LogP contribution in [0.5, 0.6) is 0 Å². The van der Waals surface area contributed by atoms with Gasteiger partial charge in [0, 0.05) is 30.1 Å². The summed E-state index contributed by atoms with van der Waals surface area (Å²) in [6, 6.07) is 6.19. The molecule has 0 aliphatic heterocycles. The van der Waals surface area contributed by atoms with Gasteiger partial charge in [-0.3, -0.25) is 19.8 Å². The molecular formula is C16H15N5O4. The van der Waals surface area contributed by atoms with Crippen molar-refractivity contribution >= 4 is 23.2 Å². The second kappa shape index (κ2) is 6.56.